The third-order valence-electron chi connectivity index (χ3n) is 4.05. The van der Waals surface area contributed by atoms with Gasteiger partial charge in [-0.3, -0.25) is 9.36 Å². The number of esters is 1. The zero-order chi connectivity index (χ0) is 23.7. The summed E-state index contributed by atoms with van der Waals surface area (Å²) < 4.78 is 64.3. The molecule has 0 aliphatic rings. The lowest BCUT2D eigenvalue weighted by atomic mass is 10.2. The molecule has 0 saturated carbocycles. The Morgan fingerprint density at radius 1 is 1.16 bits per heavy atom. The summed E-state index contributed by atoms with van der Waals surface area (Å²) in [4.78, 5) is 36.6. The van der Waals surface area contributed by atoms with Gasteiger partial charge in [-0.2, -0.15) is 13.2 Å². The third kappa shape index (κ3) is 5.46. The van der Waals surface area contributed by atoms with Crippen molar-refractivity contribution in [1.29, 1.82) is 0 Å². The molecule has 0 fully saturated rings. The van der Waals surface area contributed by atoms with Crippen LogP contribution in [0.1, 0.15) is 26.5 Å². The molecule has 2 aromatic rings. The van der Waals surface area contributed by atoms with Crippen molar-refractivity contribution in [3.63, 3.8) is 0 Å². The Kier molecular flexibility index (Phi) is 7.20. The normalized spacial score (nSPS) is 12.7. The van der Waals surface area contributed by atoms with E-state index >= 15 is 0 Å². The van der Waals surface area contributed by atoms with Crippen molar-refractivity contribution in [2.45, 2.75) is 33.1 Å². The maximum absolute atomic E-state index is 14.5. The van der Waals surface area contributed by atoms with Crippen LogP contribution in [0.5, 0.6) is 5.75 Å². The molecule has 0 aliphatic carbocycles. The molecule has 0 bridgehead atoms. The molecule has 0 saturated heterocycles. The van der Waals surface area contributed by atoms with Gasteiger partial charge in [0.15, 0.2) is 6.10 Å². The summed E-state index contributed by atoms with van der Waals surface area (Å²) in [6.07, 6.45) is -6.15. The minimum Gasteiger partial charge on any atom is -0.477 e. The number of ether oxygens (including phenoxy) is 2. The van der Waals surface area contributed by atoms with Crippen molar-refractivity contribution in [2.75, 3.05) is 6.61 Å². The quantitative estimate of drug-likeness (QED) is 0.482. The lowest BCUT2D eigenvalue weighted by Crippen LogP contribution is -2.41. The second-order valence-corrected chi connectivity index (χ2v) is 7.47. The zero-order valence-electron chi connectivity index (χ0n) is 16.9. The molecule has 1 aromatic carbocycles. The van der Waals surface area contributed by atoms with Gasteiger partial charge in [0.2, 0.25) is 0 Å². The molecule has 1 heterocycles. The number of halogens is 5. The molecule has 170 valence electrons. The van der Waals surface area contributed by atoms with Gasteiger partial charge in [0.05, 0.1) is 17.3 Å². The van der Waals surface area contributed by atoms with Gasteiger partial charge in [-0.1, -0.05) is 25.4 Å². The maximum Gasteiger partial charge on any atom is 0.431 e. The zero-order valence-corrected chi connectivity index (χ0v) is 17.7. The highest BCUT2D eigenvalue weighted by Crippen LogP contribution is 2.31. The standard InChI is InChI=1S/C19H19ClF4N2O5/c1-9(2)8-30-17(28)10(3)31-14-6-13(12(21)5-11(14)20)26-16(27)7-15(19(22,23)24)25(4)18(26)29/h5-7,9-10H,8H2,1-4H3/t10-/m1/s1. The van der Waals surface area contributed by atoms with Crippen LogP contribution in [0.4, 0.5) is 17.6 Å². The SMILES string of the molecule is CC(C)COC(=O)[C@@H](C)Oc1cc(-n2c(=O)cc(C(F)(F)F)n(C)c2=O)c(F)cc1Cl. The molecule has 1 atom stereocenters. The lowest BCUT2D eigenvalue weighted by molar-refractivity contribution is -0.152. The first kappa shape index (κ1) is 24.4. The van der Waals surface area contributed by atoms with Gasteiger partial charge in [0, 0.05) is 19.2 Å². The predicted octanol–water partition coefficient (Wildman–Crippen LogP) is 3.31. The van der Waals surface area contributed by atoms with E-state index in [1.807, 2.05) is 13.8 Å². The van der Waals surface area contributed by atoms with Crippen molar-refractivity contribution in [1.82, 2.24) is 9.13 Å². The van der Waals surface area contributed by atoms with Crippen LogP contribution in [0.15, 0.2) is 27.8 Å². The van der Waals surface area contributed by atoms with Crippen LogP contribution in [0.3, 0.4) is 0 Å². The van der Waals surface area contributed by atoms with E-state index in [1.165, 1.54) is 6.92 Å². The largest absolute Gasteiger partial charge is 0.477 e. The van der Waals surface area contributed by atoms with Gasteiger partial charge >= 0.3 is 17.8 Å². The molecule has 12 heteroatoms. The van der Waals surface area contributed by atoms with Gasteiger partial charge in [0.1, 0.15) is 17.3 Å². The fourth-order valence-corrected chi connectivity index (χ4v) is 2.70. The summed E-state index contributed by atoms with van der Waals surface area (Å²) in [7, 11) is 0.791. The van der Waals surface area contributed by atoms with E-state index in [0.29, 0.717) is 6.07 Å². The third-order valence-corrected chi connectivity index (χ3v) is 4.34. The van der Waals surface area contributed by atoms with Crippen LogP contribution in [0.2, 0.25) is 5.02 Å². The van der Waals surface area contributed by atoms with Crippen molar-refractivity contribution in [3.8, 4) is 11.4 Å². The predicted molar refractivity (Wildman–Crippen MR) is 103 cm³/mol. The van der Waals surface area contributed by atoms with Crippen LogP contribution in [0, 0.1) is 11.7 Å². The van der Waals surface area contributed by atoms with E-state index in [1.54, 1.807) is 0 Å². The number of carbonyl (C=O) groups excluding carboxylic acids is 1. The van der Waals surface area contributed by atoms with Gasteiger partial charge in [-0.25, -0.2) is 18.5 Å². The highest BCUT2D eigenvalue weighted by Gasteiger charge is 2.35. The van der Waals surface area contributed by atoms with E-state index in [0.717, 1.165) is 13.1 Å². The van der Waals surface area contributed by atoms with Crippen molar-refractivity contribution in [3.05, 3.63) is 55.6 Å². The van der Waals surface area contributed by atoms with Crippen LogP contribution in [0.25, 0.3) is 5.69 Å². The molecule has 1 aromatic heterocycles. The van der Waals surface area contributed by atoms with Crippen molar-refractivity contribution < 1.29 is 31.8 Å². The molecule has 0 aliphatic heterocycles. The molecule has 31 heavy (non-hydrogen) atoms. The number of aromatic nitrogens is 2. The van der Waals surface area contributed by atoms with Gasteiger partial charge in [0.25, 0.3) is 5.56 Å². The van der Waals surface area contributed by atoms with E-state index in [4.69, 9.17) is 21.1 Å². The first-order chi connectivity index (χ1) is 14.2. The first-order valence-corrected chi connectivity index (χ1v) is 9.34. The van der Waals surface area contributed by atoms with Crippen LogP contribution in [-0.4, -0.2) is 27.8 Å². The minimum atomic E-state index is -4.97. The molecule has 0 amide bonds. The van der Waals surface area contributed by atoms with E-state index in [-0.39, 0.29) is 38.5 Å². The Morgan fingerprint density at radius 2 is 1.77 bits per heavy atom. The van der Waals surface area contributed by atoms with Crippen LogP contribution in [-0.2, 0) is 22.8 Å². The second kappa shape index (κ2) is 9.13. The number of hydrogen-bond acceptors (Lipinski definition) is 5. The van der Waals surface area contributed by atoms with E-state index < -0.39 is 46.7 Å². The number of benzene rings is 1. The Balaban J connectivity index is 2.51. The molecule has 0 unspecified atom stereocenters. The Hall–Kier alpha value is -2.82. The van der Waals surface area contributed by atoms with Gasteiger partial charge in [-0.05, 0) is 18.9 Å². The smallest absolute Gasteiger partial charge is 0.431 e. The average molecular weight is 467 g/mol. The summed E-state index contributed by atoms with van der Waals surface area (Å²) in [6.45, 7) is 5.12. The summed E-state index contributed by atoms with van der Waals surface area (Å²) in [5.74, 6) is -2.11. The monoisotopic (exact) mass is 466 g/mol. The van der Waals surface area contributed by atoms with Crippen LogP contribution >= 0.6 is 11.6 Å². The Morgan fingerprint density at radius 3 is 2.32 bits per heavy atom. The molecule has 0 radical (unpaired) electrons. The first-order valence-electron chi connectivity index (χ1n) is 8.97. The van der Waals surface area contributed by atoms with Crippen LogP contribution < -0.4 is 16.0 Å². The molecular weight excluding hydrogens is 448 g/mol. The molecule has 0 spiro atoms. The molecular formula is C19H19ClF4N2O5. The second-order valence-electron chi connectivity index (χ2n) is 7.06. The number of carbonyl (C=O) groups is 1. The van der Waals surface area contributed by atoms with Crippen molar-refractivity contribution in [2.24, 2.45) is 13.0 Å². The number of alkyl halides is 3. The van der Waals surface area contributed by atoms with E-state index in [2.05, 4.69) is 0 Å². The Bertz CT molecular complexity index is 1110. The summed E-state index contributed by atoms with van der Waals surface area (Å²) in [5.41, 5.74) is -5.03. The number of rotatable bonds is 6. The summed E-state index contributed by atoms with van der Waals surface area (Å²) in [6, 6.07) is 1.73. The average Bonchev–Trinajstić information content (AvgIpc) is 2.65. The summed E-state index contributed by atoms with van der Waals surface area (Å²) >= 11 is 5.92. The highest BCUT2D eigenvalue weighted by atomic mass is 35.5. The fraction of sp³-hybridized carbons (Fsp3) is 0.421. The lowest BCUT2D eigenvalue weighted by Gasteiger charge is -2.18. The highest BCUT2D eigenvalue weighted by molar-refractivity contribution is 6.32. The molecule has 7 nitrogen and oxygen atoms in total. The number of nitrogens with zero attached hydrogens (tertiary/aromatic N) is 2. The fourth-order valence-electron chi connectivity index (χ4n) is 2.50. The van der Waals surface area contributed by atoms with Gasteiger partial charge < -0.3 is 9.47 Å². The Labute approximate surface area is 178 Å². The van der Waals surface area contributed by atoms with Gasteiger partial charge in [-0.15, -0.1) is 0 Å². The van der Waals surface area contributed by atoms with Crippen molar-refractivity contribution >= 4 is 17.6 Å². The summed E-state index contributed by atoms with van der Waals surface area (Å²) in [5, 5.41) is -0.290. The van der Waals surface area contributed by atoms with E-state index in [9.17, 15) is 31.9 Å². The number of hydrogen-bond donors (Lipinski definition) is 0. The minimum absolute atomic E-state index is 0.0694. The topological polar surface area (TPSA) is 79.5 Å². The molecule has 0 N–H and O–H groups in total. The maximum atomic E-state index is 14.5. The molecule has 2 rings (SSSR count).